The highest BCUT2D eigenvalue weighted by molar-refractivity contribution is 7.98. The highest BCUT2D eigenvalue weighted by atomic mass is 32.2. The summed E-state index contributed by atoms with van der Waals surface area (Å²) in [6.07, 6.45) is 0. The van der Waals surface area contributed by atoms with Gasteiger partial charge in [0.25, 0.3) is 5.56 Å². The molecule has 2 heterocycles. The minimum atomic E-state index is 0.0145. The molecular weight excluding hydrogens is 348 g/mol. The van der Waals surface area contributed by atoms with Crippen molar-refractivity contribution in [2.24, 2.45) is 7.05 Å². The molecule has 4 aromatic rings. The summed E-state index contributed by atoms with van der Waals surface area (Å²) >= 11 is 3.12. The van der Waals surface area contributed by atoms with Crippen LogP contribution in [0.3, 0.4) is 0 Å². The van der Waals surface area contributed by atoms with Crippen molar-refractivity contribution in [3.8, 4) is 11.1 Å². The molecule has 0 saturated heterocycles. The molecule has 0 aliphatic carbocycles. The fourth-order valence-electron chi connectivity index (χ4n) is 2.73. The molecule has 0 aliphatic heterocycles. The molecule has 0 spiro atoms. The standard InChI is InChI=1S/C20H16N2OS2/c1-22-19(23)17-16(15-10-6-3-7-11-15)13-24-18(17)21-20(22)25-12-14-8-4-2-5-9-14/h2-11,13H,12H2,1H3. The summed E-state index contributed by atoms with van der Waals surface area (Å²) in [5.74, 6) is 0.795. The number of benzene rings is 2. The van der Waals surface area contributed by atoms with Crippen molar-refractivity contribution in [3.63, 3.8) is 0 Å². The van der Waals surface area contributed by atoms with E-state index in [1.807, 2.05) is 53.9 Å². The average Bonchev–Trinajstić information content (AvgIpc) is 3.09. The van der Waals surface area contributed by atoms with Crippen LogP contribution in [-0.4, -0.2) is 9.55 Å². The summed E-state index contributed by atoms with van der Waals surface area (Å²) < 4.78 is 1.66. The van der Waals surface area contributed by atoms with Gasteiger partial charge in [0.2, 0.25) is 0 Å². The van der Waals surface area contributed by atoms with E-state index in [0.717, 1.165) is 26.9 Å². The van der Waals surface area contributed by atoms with Gasteiger partial charge in [0.15, 0.2) is 5.16 Å². The van der Waals surface area contributed by atoms with Gasteiger partial charge in [-0.1, -0.05) is 72.4 Å². The van der Waals surface area contributed by atoms with Gasteiger partial charge in [0, 0.05) is 23.7 Å². The first kappa shape index (κ1) is 16.1. The third kappa shape index (κ3) is 3.13. The van der Waals surface area contributed by atoms with E-state index < -0.39 is 0 Å². The molecule has 3 nitrogen and oxygen atoms in total. The number of nitrogens with zero attached hydrogens (tertiary/aromatic N) is 2. The topological polar surface area (TPSA) is 34.9 Å². The van der Waals surface area contributed by atoms with Gasteiger partial charge < -0.3 is 0 Å². The molecule has 5 heteroatoms. The lowest BCUT2D eigenvalue weighted by Gasteiger charge is -2.08. The van der Waals surface area contributed by atoms with E-state index in [2.05, 4.69) is 12.1 Å². The van der Waals surface area contributed by atoms with Crippen molar-refractivity contribution in [1.82, 2.24) is 9.55 Å². The summed E-state index contributed by atoms with van der Waals surface area (Å²) in [6.45, 7) is 0. The predicted octanol–water partition coefficient (Wildman–Crippen LogP) is 4.95. The maximum Gasteiger partial charge on any atom is 0.263 e. The van der Waals surface area contributed by atoms with Crippen molar-refractivity contribution in [2.45, 2.75) is 10.9 Å². The summed E-state index contributed by atoms with van der Waals surface area (Å²) in [5, 5.41) is 3.49. The summed E-state index contributed by atoms with van der Waals surface area (Å²) in [7, 11) is 1.80. The van der Waals surface area contributed by atoms with Gasteiger partial charge >= 0.3 is 0 Å². The molecule has 0 atom stereocenters. The van der Waals surface area contributed by atoms with Gasteiger partial charge in [-0.15, -0.1) is 11.3 Å². The monoisotopic (exact) mass is 364 g/mol. The average molecular weight is 364 g/mol. The zero-order valence-electron chi connectivity index (χ0n) is 13.7. The number of thiophene rings is 1. The zero-order chi connectivity index (χ0) is 17.2. The second-order valence-corrected chi connectivity index (χ2v) is 7.53. The van der Waals surface area contributed by atoms with E-state index in [1.54, 1.807) is 23.4 Å². The Hall–Kier alpha value is -2.37. The first-order chi connectivity index (χ1) is 12.2. The number of aromatic nitrogens is 2. The first-order valence-electron chi connectivity index (χ1n) is 7.94. The lowest BCUT2D eigenvalue weighted by atomic mass is 10.1. The Morgan fingerprint density at radius 1 is 1.04 bits per heavy atom. The minimum Gasteiger partial charge on any atom is -0.290 e. The van der Waals surface area contributed by atoms with Crippen LogP contribution >= 0.6 is 23.1 Å². The molecule has 124 valence electrons. The van der Waals surface area contributed by atoms with Crippen molar-refractivity contribution in [2.75, 3.05) is 0 Å². The van der Waals surface area contributed by atoms with E-state index in [1.165, 1.54) is 16.9 Å². The number of fused-ring (bicyclic) bond motifs is 1. The number of rotatable bonds is 4. The molecule has 0 aliphatic rings. The van der Waals surface area contributed by atoms with Crippen LogP contribution in [0.15, 0.2) is 76.0 Å². The molecule has 0 N–H and O–H groups in total. The molecule has 0 radical (unpaired) electrons. The van der Waals surface area contributed by atoms with Crippen LogP contribution in [0.25, 0.3) is 21.3 Å². The van der Waals surface area contributed by atoms with Crippen LogP contribution in [0.2, 0.25) is 0 Å². The molecule has 4 rings (SSSR count). The minimum absolute atomic E-state index is 0.0145. The Morgan fingerprint density at radius 2 is 1.72 bits per heavy atom. The summed E-state index contributed by atoms with van der Waals surface area (Å²) in [4.78, 5) is 18.5. The quantitative estimate of drug-likeness (QED) is 0.379. The number of hydrogen-bond acceptors (Lipinski definition) is 4. The van der Waals surface area contributed by atoms with E-state index in [-0.39, 0.29) is 5.56 Å². The second-order valence-electron chi connectivity index (χ2n) is 5.73. The Bertz CT molecular complexity index is 1070. The number of thioether (sulfide) groups is 1. The van der Waals surface area contributed by atoms with E-state index >= 15 is 0 Å². The van der Waals surface area contributed by atoms with Gasteiger partial charge in [-0.2, -0.15) is 0 Å². The maximum atomic E-state index is 12.9. The van der Waals surface area contributed by atoms with E-state index in [4.69, 9.17) is 4.98 Å². The zero-order valence-corrected chi connectivity index (χ0v) is 15.3. The highest BCUT2D eigenvalue weighted by Crippen LogP contribution is 2.32. The molecule has 2 aromatic carbocycles. The second kappa shape index (κ2) is 6.86. The van der Waals surface area contributed by atoms with Crippen molar-refractivity contribution < 1.29 is 0 Å². The number of hydrogen-bond donors (Lipinski definition) is 0. The largest absolute Gasteiger partial charge is 0.290 e. The van der Waals surface area contributed by atoms with Gasteiger partial charge in [-0.25, -0.2) is 4.98 Å². The van der Waals surface area contributed by atoms with Gasteiger partial charge in [-0.3, -0.25) is 9.36 Å². The predicted molar refractivity (Wildman–Crippen MR) is 106 cm³/mol. The van der Waals surface area contributed by atoms with E-state index in [0.29, 0.717) is 5.39 Å². The van der Waals surface area contributed by atoms with Crippen LogP contribution in [-0.2, 0) is 12.8 Å². The molecule has 0 amide bonds. The molecule has 2 aromatic heterocycles. The third-order valence-corrected chi connectivity index (χ3v) is 6.04. The van der Waals surface area contributed by atoms with Gasteiger partial charge in [0.05, 0.1) is 5.39 Å². The van der Waals surface area contributed by atoms with Crippen LogP contribution in [0.5, 0.6) is 0 Å². The molecule has 0 bridgehead atoms. The van der Waals surface area contributed by atoms with Crippen LogP contribution in [0.1, 0.15) is 5.56 Å². The summed E-state index contributed by atoms with van der Waals surface area (Å²) in [6, 6.07) is 20.2. The Balaban J connectivity index is 1.74. The van der Waals surface area contributed by atoms with Crippen LogP contribution in [0.4, 0.5) is 0 Å². The van der Waals surface area contributed by atoms with Gasteiger partial charge in [-0.05, 0) is 11.1 Å². The molecule has 0 saturated carbocycles. The van der Waals surface area contributed by atoms with Crippen molar-refractivity contribution in [1.29, 1.82) is 0 Å². The normalized spacial score (nSPS) is 11.1. The lowest BCUT2D eigenvalue weighted by Crippen LogP contribution is -2.19. The molecule has 25 heavy (non-hydrogen) atoms. The molecule has 0 fully saturated rings. The fourth-order valence-corrected chi connectivity index (χ4v) is 4.65. The lowest BCUT2D eigenvalue weighted by molar-refractivity contribution is 0.728. The SMILES string of the molecule is Cn1c(SCc2ccccc2)nc2scc(-c3ccccc3)c2c1=O. The van der Waals surface area contributed by atoms with Crippen LogP contribution < -0.4 is 5.56 Å². The fraction of sp³-hybridized carbons (Fsp3) is 0.100. The first-order valence-corrected chi connectivity index (χ1v) is 9.81. The molecule has 0 unspecified atom stereocenters. The van der Waals surface area contributed by atoms with Crippen molar-refractivity contribution >= 4 is 33.3 Å². The Morgan fingerprint density at radius 3 is 2.44 bits per heavy atom. The van der Waals surface area contributed by atoms with E-state index in [9.17, 15) is 4.79 Å². The smallest absolute Gasteiger partial charge is 0.263 e. The highest BCUT2D eigenvalue weighted by Gasteiger charge is 2.15. The summed E-state index contributed by atoms with van der Waals surface area (Å²) in [5.41, 5.74) is 3.25. The molecular formula is C20H16N2OS2. The van der Waals surface area contributed by atoms with Crippen molar-refractivity contribution in [3.05, 3.63) is 82.0 Å². The Kier molecular flexibility index (Phi) is 4.42. The Labute approximate surface area is 154 Å². The third-order valence-electron chi connectivity index (χ3n) is 4.07. The van der Waals surface area contributed by atoms with Gasteiger partial charge in [0.1, 0.15) is 4.83 Å². The van der Waals surface area contributed by atoms with Crippen LogP contribution in [0, 0.1) is 0 Å². The maximum absolute atomic E-state index is 12.9.